The second-order valence-corrected chi connectivity index (χ2v) is 6.14. The Morgan fingerprint density at radius 2 is 1.82 bits per heavy atom. The molecule has 114 valence electrons. The van der Waals surface area contributed by atoms with E-state index in [0.29, 0.717) is 6.54 Å². The minimum Gasteiger partial charge on any atom is -0.377 e. The zero-order valence-corrected chi connectivity index (χ0v) is 13.5. The summed E-state index contributed by atoms with van der Waals surface area (Å²) < 4.78 is 0. The maximum atomic E-state index is 12.8. The lowest BCUT2D eigenvalue weighted by molar-refractivity contribution is 0.0734. The monoisotopic (exact) mass is 294 g/mol. The molecule has 22 heavy (non-hydrogen) atoms. The SMILES string of the molecule is Cc1cc(C(=O)N2CCc3ccccc3C2)ccc1N(C)C. The fourth-order valence-electron chi connectivity index (χ4n) is 3.14. The van der Waals surface area contributed by atoms with Gasteiger partial charge < -0.3 is 9.80 Å². The summed E-state index contributed by atoms with van der Waals surface area (Å²) in [6.45, 7) is 3.56. The molecule has 0 N–H and O–H groups in total. The van der Waals surface area contributed by atoms with Gasteiger partial charge in [0.25, 0.3) is 5.91 Å². The van der Waals surface area contributed by atoms with Crippen molar-refractivity contribution in [2.45, 2.75) is 19.9 Å². The molecular formula is C19H22N2O. The summed E-state index contributed by atoms with van der Waals surface area (Å²) in [5.74, 6) is 0.128. The predicted octanol–water partition coefficient (Wildman–Crippen LogP) is 3.26. The Kier molecular flexibility index (Phi) is 3.88. The maximum Gasteiger partial charge on any atom is 0.254 e. The number of hydrogen-bond acceptors (Lipinski definition) is 2. The number of carbonyl (C=O) groups is 1. The largest absolute Gasteiger partial charge is 0.377 e. The molecule has 0 saturated carbocycles. The molecular weight excluding hydrogens is 272 g/mol. The van der Waals surface area contributed by atoms with Crippen LogP contribution in [0.25, 0.3) is 0 Å². The van der Waals surface area contributed by atoms with E-state index in [9.17, 15) is 4.79 Å². The van der Waals surface area contributed by atoms with E-state index in [0.717, 1.165) is 29.8 Å². The summed E-state index contributed by atoms with van der Waals surface area (Å²) in [6.07, 6.45) is 0.941. The molecule has 2 aromatic rings. The second-order valence-electron chi connectivity index (χ2n) is 6.14. The fraction of sp³-hybridized carbons (Fsp3) is 0.316. The zero-order chi connectivity index (χ0) is 15.7. The zero-order valence-electron chi connectivity index (χ0n) is 13.5. The molecule has 2 aromatic carbocycles. The first-order chi connectivity index (χ1) is 10.6. The second kappa shape index (κ2) is 5.84. The smallest absolute Gasteiger partial charge is 0.254 e. The summed E-state index contributed by atoms with van der Waals surface area (Å²) >= 11 is 0. The Morgan fingerprint density at radius 1 is 1.09 bits per heavy atom. The van der Waals surface area contributed by atoms with Crippen molar-refractivity contribution in [3.8, 4) is 0 Å². The van der Waals surface area contributed by atoms with Crippen LogP contribution in [0, 0.1) is 6.92 Å². The number of hydrogen-bond donors (Lipinski definition) is 0. The van der Waals surface area contributed by atoms with Gasteiger partial charge in [-0.25, -0.2) is 0 Å². The van der Waals surface area contributed by atoms with Crippen molar-refractivity contribution in [2.75, 3.05) is 25.5 Å². The molecule has 0 aliphatic carbocycles. The molecule has 0 bridgehead atoms. The Balaban J connectivity index is 1.82. The van der Waals surface area contributed by atoms with Crippen LogP contribution in [0.1, 0.15) is 27.0 Å². The fourth-order valence-corrected chi connectivity index (χ4v) is 3.14. The third-order valence-corrected chi connectivity index (χ3v) is 4.34. The van der Waals surface area contributed by atoms with E-state index in [4.69, 9.17) is 0 Å². The third-order valence-electron chi connectivity index (χ3n) is 4.34. The van der Waals surface area contributed by atoms with Gasteiger partial charge in [0.2, 0.25) is 0 Å². The highest BCUT2D eigenvalue weighted by atomic mass is 16.2. The molecule has 0 radical (unpaired) electrons. The van der Waals surface area contributed by atoms with Gasteiger partial charge >= 0.3 is 0 Å². The first kappa shape index (κ1) is 14.6. The minimum atomic E-state index is 0.128. The molecule has 0 aromatic heterocycles. The lowest BCUT2D eigenvalue weighted by Crippen LogP contribution is -2.36. The van der Waals surface area contributed by atoms with E-state index in [1.165, 1.54) is 11.1 Å². The van der Waals surface area contributed by atoms with Crippen molar-refractivity contribution in [3.05, 3.63) is 64.7 Å². The Labute approximate surface area is 132 Å². The van der Waals surface area contributed by atoms with Gasteiger partial charge in [-0.05, 0) is 48.2 Å². The molecule has 0 atom stereocenters. The van der Waals surface area contributed by atoms with E-state index in [2.05, 4.69) is 30.0 Å². The first-order valence-corrected chi connectivity index (χ1v) is 7.70. The van der Waals surface area contributed by atoms with E-state index >= 15 is 0 Å². The van der Waals surface area contributed by atoms with Crippen molar-refractivity contribution in [1.82, 2.24) is 4.90 Å². The number of anilines is 1. The predicted molar refractivity (Wildman–Crippen MR) is 90.4 cm³/mol. The van der Waals surface area contributed by atoms with Gasteiger partial charge in [-0.15, -0.1) is 0 Å². The quantitative estimate of drug-likeness (QED) is 0.849. The highest BCUT2D eigenvalue weighted by Crippen LogP contribution is 2.23. The van der Waals surface area contributed by atoms with Gasteiger partial charge in [-0.2, -0.15) is 0 Å². The third kappa shape index (κ3) is 2.71. The first-order valence-electron chi connectivity index (χ1n) is 7.70. The minimum absolute atomic E-state index is 0.128. The molecule has 1 amide bonds. The molecule has 0 spiro atoms. The average molecular weight is 294 g/mol. The number of fused-ring (bicyclic) bond motifs is 1. The summed E-state index contributed by atoms with van der Waals surface area (Å²) in [7, 11) is 4.04. The van der Waals surface area contributed by atoms with Gasteiger partial charge in [0.1, 0.15) is 0 Å². The molecule has 3 heteroatoms. The normalized spacial score (nSPS) is 13.7. The molecule has 1 aliphatic heterocycles. The van der Waals surface area contributed by atoms with Crippen molar-refractivity contribution >= 4 is 11.6 Å². The van der Waals surface area contributed by atoms with E-state index in [-0.39, 0.29) is 5.91 Å². The van der Waals surface area contributed by atoms with Gasteiger partial charge in [0.05, 0.1) is 0 Å². The van der Waals surface area contributed by atoms with Crippen LogP contribution in [-0.2, 0) is 13.0 Å². The van der Waals surface area contributed by atoms with Crippen LogP contribution < -0.4 is 4.90 Å². The maximum absolute atomic E-state index is 12.8. The number of rotatable bonds is 2. The number of benzene rings is 2. The molecule has 1 aliphatic rings. The van der Waals surface area contributed by atoms with Gasteiger partial charge in [-0.1, -0.05) is 24.3 Å². The lowest BCUT2D eigenvalue weighted by Gasteiger charge is -2.29. The highest BCUT2D eigenvalue weighted by Gasteiger charge is 2.21. The van der Waals surface area contributed by atoms with E-state index in [1.54, 1.807) is 0 Å². The number of amides is 1. The van der Waals surface area contributed by atoms with Crippen LogP contribution in [0.4, 0.5) is 5.69 Å². The van der Waals surface area contributed by atoms with Crippen LogP contribution in [0.3, 0.4) is 0 Å². The van der Waals surface area contributed by atoms with Gasteiger partial charge in [0.15, 0.2) is 0 Å². The summed E-state index contributed by atoms with van der Waals surface area (Å²) in [4.78, 5) is 16.8. The summed E-state index contributed by atoms with van der Waals surface area (Å²) in [6, 6.07) is 14.4. The molecule has 1 heterocycles. The number of aryl methyl sites for hydroxylation is 1. The van der Waals surface area contributed by atoms with Crippen molar-refractivity contribution in [2.24, 2.45) is 0 Å². The standard InChI is InChI=1S/C19H22N2O/c1-14-12-16(8-9-18(14)20(2)3)19(22)21-11-10-15-6-4-5-7-17(15)13-21/h4-9,12H,10-11,13H2,1-3H3. The Hall–Kier alpha value is -2.29. The number of carbonyl (C=O) groups excluding carboxylic acids is 1. The Bertz CT molecular complexity index is 706. The number of nitrogens with zero attached hydrogens (tertiary/aromatic N) is 2. The molecule has 3 nitrogen and oxygen atoms in total. The highest BCUT2D eigenvalue weighted by molar-refractivity contribution is 5.95. The average Bonchev–Trinajstić information content (AvgIpc) is 2.53. The van der Waals surface area contributed by atoms with Crippen LogP contribution >= 0.6 is 0 Å². The summed E-state index contributed by atoms with van der Waals surface area (Å²) in [5.41, 5.74) is 5.70. The van der Waals surface area contributed by atoms with Gasteiger partial charge in [-0.3, -0.25) is 4.79 Å². The van der Waals surface area contributed by atoms with Crippen molar-refractivity contribution in [1.29, 1.82) is 0 Å². The van der Waals surface area contributed by atoms with Crippen LogP contribution in [0.5, 0.6) is 0 Å². The van der Waals surface area contributed by atoms with Crippen molar-refractivity contribution < 1.29 is 4.79 Å². The van der Waals surface area contributed by atoms with Crippen molar-refractivity contribution in [3.63, 3.8) is 0 Å². The molecule has 0 fully saturated rings. The van der Waals surface area contributed by atoms with Crippen LogP contribution in [0.15, 0.2) is 42.5 Å². The lowest BCUT2D eigenvalue weighted by atomic mass is 9.99. The molecule has 0 saturated heterocycles. The van der Waals surface area contributed by atoms with Crippen LogP contribution in [-0.4, -0.2) is 31.4 Å². The summed E-state index contributed by atoms with van der Waals surface area (Å²) in [5, 5.41) is 0. The van der Waals surface area contributed by atoms with Crippen LogP contribution in [0.2, 0.25) is 0 Å². The Morgan fingerprint density at radius 3 is 2.50 bits per heavy atom. The topological polar surface area (TPSA) is 23.6 Å². The molecule has 0 unspecified atom stereocenters. The van der Waals surface area contributed by atoms with Gasteiger partial charge in [0, 0.05) is 38.4 Å². The molecule has 3 rings (SSSR count). The van der Waals surface area contributed by atoms with E-state index < -0.39 is 0 Å². The van der Waals surface area contributed by atoms with E-state index in [1.807, 2.05) is 43.3 Å².